The molecular weight excluding hydrogens is 396 g/mol. The van der Waals surface area contributed by atoms with Crippen LogP contribution in [-0.2, 0) is 6.54 Å². The van der Waals surface area contributed by atoms with Gasteiger partial charge in [0.2, 0.25) is 0 Å². The number of H-pyrrole nitrogens is 1. The van der Waals surface area contributed by atoms with Gasteiger partial charge in [0, 0.05) is 25.2 Å². The molecule has 4 rings (SSSR count). The van der Waals surface area contributed by atoms with E-state index in [-0.39, 0.29) is 18.0 Å². The minimum atomic E-state index is -0.518. The van der Waals surface area contributed by atoms with Crippen LogP contribution in [0.5, 0.6) is 0 Å². The van der Waals surface area contributed by atoms with Gasteiger partial charge in [-0.05, 0) is 56.5 Å². The van der Waals surface area contributed by atoms with E-state index in [4.69, 9.17) is 0 Å². The predicted octanol–water partition coefficient (Wildman–Crippen LogP) is 2.59. The van der Waals surface area contributed by atoms with Gasteiger partial charge in [-0.3, -0.25) is 19.0 Å². The molecule has 0 unspecified atom stereocenters. The van der Waals surface area contributed by atoms with Gasteiger partial charge in [-0.25, -0.2) is 4.79 Å². The van der Waals surface area contributed by atoms with Gasteiger partial charge in [0.05, 0.1) is 22.2 Å². The molecule has 2 aromatic carbocycles. The molecule has 0 spiro atoms. The van der Waals surface area contributed by atoms with Crippen LogP contribution in [0, 0.1) is 0 Å². The van der Waals surface area contributed by atoms with E-state index in [0.29, 0.717) is 35.2 Å². The average molecular weight is 420 g/mol. The summed E-state index contributed by atoms with van der Waals surface area (Å²) in [7, 11) is 0. The van der Waals surface area contributed by atoms with Gasteiger partial charge in [-0.1, -0.05) is 12.1 Å². The second-order valence-electron chi connectivity index (χ2n) is 7.59. The van der Waals surface area contributed by atoms with Crippen molar-refractivity contribution in [2.75, 3.05) is 18.4 Å². The summed E-state index contributed by atoms with van der Waals surface area (Å²) in [5, 5.41) is 3.13. The zero-order valence-electron chi connectivity index (χ0n) is 17.3. The van der Waals surface area contributed by atoms with Crippen molar-refractivity contribution in [3.05, 3.63) is 74.4 Å². The van der Waals surface area contributed by atoms with E-state index in [1.807, 2.05) is 4.90 Å². The molecule has 8 nitrogen and oxygen atoms in total. The summed E-state index contributed by atoms with van der Waals surface area (Å²) in [5.41, 5.74) is 0.526. The largest absolute Gasteiger partial charge is 0.339 e. The Morgan fingerprint density at radius 1 is 1.03 bits per heavy atom. The first-order valence-corrected chi connectivity index (χ1v) is 10.5. The zero-order valence-corrected chi connectivity index (χ0v) is 17.3. The van der Waals surface area contributed by atoms with Gasteiger partial charge < -0.3 is 15.2 Å². The van der Waals surface area contributed by atoms with Crippen LogP contribution in [0.2, 0.25) is 0 Å². The second kappa shape index (κ2) is 8.59. The number of hydrogen-bond acceptors (Lipinski definition) is 4. The number of rotatable bonds is 4. The maximum atomic E-state index is 12.9. The molecule has 0 saturated carbocycles. The number of piperidine rings is 1. The summed E-state index contributed by atoms with van der Waals surface area (Å²) >= 11 is 0. The lowest BCUT2D eigenvalue weighted by atomic mass is 10.1. The first kappa shape index (κ1) is 20.6. The van der Waals surface area contributed by atoms with Crippen molar-refractivity contribution < 1.29 is 9.59 Å². The lowest BCUT2D eigenvalue weighted by Gasteiger charge is -2.27. The molecule has 2 heterocycles. The number of amides is 2. The third kappa shape index (κ3) is 4.01. The van der Waals surface area contributed by atoms with E-state index in [1.165, 1.54) is 18.2 Å². The third-order valence-corrected chi connectivity index (χ3v) is 5.61. The summed E-state index contributed by atoms with van der Waals surface area (Å²) in [4.78, 5) is 54.8. The number of likely N-dealkylation sites (tertiary alicyclic amines) is 1. The Hall–Kier alpha value is -3.68. The molecule has 0 aliphatic carbocycles. The fourth-order valence-corrected chi connectivity index (χ4v) is 3.92. The molecule has 1 fully saturated rings. The van der Waals surface area contributed by atoms with Crippen molar-refractivity contribution in [1.29, 1.82) is 0 Å². The van der Waals surface area contributed by atoms with Gasteiger partial charge in [-0.15, -0.1) is 0 Å². The van der Waals surface area contributed by atoms with Crippen molar-refractivity contribution >= 4 is 28.4 Å². The molecule has 0 atom stereocenters. The number of aromatic amines is 1. The summed E-state index contributed by atoms with van der Waals surface area (Å²) in [5.74, 6) is -0.528. The van der Waals surface area contributed by atoms with E-state index in [0.717, 1.165) is 23.8 Å². The van der Waals surface area contributed by atoms with Gasteiger partial charge in [0.1, 0.15) is 0 Å². The number of carbonyl (C=O) groups is 2. The maximum Gasteiger partial charge on any atom is 0.328 e. The SMILES string of the molecule is CCn1c(=O)[nH]c2cc(C(=O)Nc3ccccc3C(=O)N3CCCCC3)ccc2c1=O. The molecule has 31 heavy (non-hydrogen) atoms. The van der Waals surface area contributed by atoms with Crippen LogP contribution in [0.25, 0.3) is 10.9 Å². The highest BCUT2D eigenvalue weighted by molar-refractivity contribution is 6.10. The minimum Gasteiger partial charge on any atom is -0.339 e. The number of aromatic nitrogens is 2. The first-order valence-electron chi connectivity index (χ1n) is 10.5. The number of anilines is 1. The summed E-state index contributed by atoms with van der Waals surface area (Å²) in [6, 6.07) is 11.5. The number of hydrogen-bond donors (Lipinski definition) is 2. The molecular formula is C23H24N4O4. The molecule has 1 saturated heterocycles. The standard InChI is InChI=1S/C23H24N4O4/c1-2-27-22(30)17-11-10-15(14-19(17)25-23(27)31)20(28)24-18-9-5-4-8-16(18)21(29)26-12-6-3-7-13-26/h4-5,8-11,14H,2-3,6-7,12-13H2,1H3,(H,24,28)(H,25,31). The van der Waals surface area contributed by atoms with Crippen molar-refractivity contribution in [3.63, 3.8) is 0 Å². The van der Waals surface area contributed by atoms with Gasteiger partial charge in [0.15, 0.2) is 0 Å². The molecule has 1 aromatic heterocycles. The van der Waals surface area contributed by atoms with Crippen molar-refractivity contribution in [1.82, 2.24) is 14.5 Å². The molecule has 1 aliphatic heterocycles. The van der Waals surface area contributed by atoms with Gasteiger partial charge in [0.25, 0.3) is 17.4 Å². The normalized spacial score (nSPS) is 13.9. The van der Waals surface area contributed by atoms with Crippen LogP contribution in [0.15, 0.2) is 52.1 Å². The molecule has 0 bridgehead atoms. The van der Waals surface area contributed by atoms with Crippen molar-refractivity contribution in [3.8, 4) is 0 Å². The lowest BCUT2D eigenvalue weighted by Crippen LogP contribution is -2.36. The van der Waals surface area contributed by atoms with Crippen LogP contribution in [-0.4, -0.2) is 39.4 Å². The molecule has 1 aliphatic rings. The Kier molecular flexibility index (Phi) is 5.70. The summed E-state index contributed by atoms with van der Waals surface area (Å²) in [6.45, 7) is 3.41. The number of nitrogens with zero attached hydrogens (tertiary/aromatic N) is 2. The topological polar surface area (TPSA) is 104 Å². The zero-order chi connectivity index (χ0) is 22.0. The van der Waals surface area contributed by atoms with E-state index in [2.05, 4.69) is 10.3 Å². The Balaban J connectivity index is 1.63. The Bertz CT molecular complexity index is 1270. The minimum absolute atomic E-state index is 0.0986. The summed E-state index contributed by atoms with van der Waals surface area (Å²) in [6.07, 6.45) is 3.08. The molecule has 0 radical (unpaired) electrons. The number of fused-ring (bicyclic) bond motifs is 1. The van der Waals surface area contributed by atoms with E-state index >= 15 is 0 Å². The lowest BCUT2D eigenvalue weighted by molar-refractivity contribution is 0.0725. The molecule has 2 N–H and O–H groups in total. The molecule has 160 valence electrons. The van der Waals surface area contributed by atoms with Crippen molar-refractivity contribution in [2.45, 2.75) is 32.7 Å². The number of benzene rings is 2. The monoisotopic (exact) mass is 420 g/mol. The third-order valence-electron chi connectivity index (χ3n) is 5.61. The Labute approximate surface area is 178 Å². The van der Waals surface area contributed by atoms with E-state index in [9.17, 15) is 19.2 Å². The summed E-state index contributed by atoms with van der Waals surface area (Å²) < 4.78 is 1.10. The quantitative estimate of drug-likeness (QED) is 0.677. The highest BCUT2D eigenvalue weighted by Crippen LogP contribution is 2.21. The average Bonchev–Trinajstić information content (AvgIpc) is 2.79. The maximum absolute atomic E-state index is 12.9. The van der Waals surface area contributed by atoms with Gasteiger partial charge >= 0.3 is 5.69 Å². The number of carbonyl (C=O) groups excluding carboxylic acids is 2. The fraction of sp³-hybridized carbons (Fsp3) is 0.304. The first-order chi connectivity index (χ1) is 15.0. The van der Waals surface area contributed by atoms with Crippen LogP contribution >= 0.6 is 0 Å². The van der Waals surface area contributed by atoms with Crippen molar-refractivity contribution in [2.24, 2.45) is 0 Å². The molecule has 8 heteroatoms. The number of para-hydroxylation sites is 1. The molecule has 2 amide bonds. The highest BCUT2D eigenvalue weighted by Gasteiger charge is 2.21. The highest BCUT2D eigenvalue weighted by atomic mass is 16.2. The van der Waals surface area contributed by atoms with Crippen LogP contribution < -0.4 is 16.6 Å². The smallest absolute Gasteiger partial charge is 0.328 e. The van der Waals surface area contributed by atoms with E-state index < -0.39 is 17.2 Å². The number of nitrogens with one attached hydrogen (secondary N) is 2. The molecule has 3 aromatic rings. The Morgan fingerprint density at radius 3 is 2.52 bits per heavy atom. The fourth-order valence-electron chi connectivity index (χ4n) is 3.92. The van der Waals surface area contributed by atoms with Gasteiger partial charge in [-0.2, -0.15) is 0 Å². The van der Waals surface area contributed by atoms with Crippen LogP contribution in [0.1, 0.15) is 46.9 Å². The van der Waals surface area contributed by atoms with Crippen LogP contribution in [0.3, 0.4) is 0 Å². The second-order valence-corrected chi connectivity index (χ2v) is 7.59. The Morgan fingerprint density at radius 2 is 1.77 bits per heavy atom. The predicted molar refractivity (Wildman–Crippen MR) is 119 cm³/mol. The van der Waals surface area contributed by atoms with E-state index in [1.54, 1.807) is 31.2 Å². The van der Waals surface area contributed by atoms with Crippen LogP contribution in [0.4, 0.5) is 5.69 Å².